The molecule has 0 bridgehead atoms. The number of carbonyl (C=O) groups is 1. The average molecular weight is 585 g/mol. The Morgan fingerprint density at radius 2 is 1.50 bits per heavy atom. The number of hydrogen-bond acceptors (Lipinski definition) is 5. The molecule has 0 aromatic heterocycles. The lowest BCUT2D eigenvalue weighted by atomic mass is 9.89. The molecule has 1 aliphatic carbocycles. The van der Waals surface area contributed by atoms with Crippen molar-refractivity contribution < 1.29 is 22.8 Å². The van der Waals surface area contributed by atoms with Crippen LogP contribution in [0.5, 0.6) is 0 Å². The van der Waals surface area contributed by atoms with E-state index in [-0.39, 0.29) is 24.3 Å². The molecule has 0 aromatic carbocycles. The highest BCUT2D eigenvalue weighted by atomic mass is 28.4. The van der Waals surface area contributed by atoms with Crippen LogP contribution in [0.4, 0.5) is 0 Å². The fourth-order valence-corrected chi connectivity index (χ4v) is 8.61. The van der Waals surface area contributed by atoms with Crippen LogP contribution in [0.3, 0.4) is 0 Å². The van der Waals surface area contributed by atoms with Crippen molar-refractivity contribution in [1.82, 2.24) is 0 Å². The highest BCUT2D eigenvalue weighted by Crippen LogP contribution is 2.42. The Morgan fingerprint density at radius 3 is 2.05 bits per heavy atom. The second kappa shape index (κ2) is 16.7. The highest BCUT2D eigenvalue weighted by Gasteiger charge is 2.45. The molecule has 0 spiro atoms. The number of ether oxygens (including phenoxy) is 1. The molecule has 0 aromatic rings. The number of rotatable bonds is 18. The van der Waals surface area contributed by atoms with Gasteiger partial charge in [-0.15, -0.1) is 0 Å². The fraction of sp³-hybridized carbons (Fsp3) is 0.833. The molecule has 1 rings (SSSR count). The summed E-state index contributed by atoms with van der Waals surface area (Å²) < 4.78 is 25.0. The Morgan fingerprint density at radius 1 is 0.868 bits per heavy atom. The third-order valence-corrected chi connectivity index (χ3v) is 9.60. The molecule has 1 aliphatic rings. The van der Waals surface area contributed by atoms with Gasteiger partial charge in [-0.3, -0.25) is 4.79 Å². The molecular weight excluding hydrogens is 525 g/mol. The van der Waals surface area contributed by atoms with Gasteiger partial charge in [-0.25, -0.2) is 0 Å². The quantitative estimate of drug-likeness (QED) is 0.0698. The first kappa shape index (κ1) is 35.5. The average Bonchev–Trinajstić information content (AvgIpc) is 3.05. The Labute approximate surface area is 238 Å². The van der Waals surface area contributed by atoms with Gasteiger partial charge < -0.3 is 18.0 Å². The fourth-order valence-electron chi connectivity index (χ4n) is 5.16. The van der Waals surface area contributed by atoms with Crippen LogP contribution in [-0.4, -0.2) is 56.3 Å². The first-order valence-electron chi connectivity index (χ1n) is 15.0. The zero-order chi connectivity index (χ0) is 29.0. The van der Waals surface area contributed by atoms with E-state index in [2.05, 4.69) is 90.2 Å². The Balaban J connectivity index is 3.18. The Hall–Kier alpha value is -0.519. The lowest BCUT2D eigenvalue weighted by Crippen LogP contribution is -2.35. The molecule has 0 radical (unpaired) electrons. The van der Waals surface area contributed by atoms with Crippen LogP contribution < -0.4 is 0 Å². The van der Waals surface area contributed by atoms with Crippen molar-refractivity contribution in [2.45, 2.75) is 142 Å². The van der Waals surface area contributed by atoms with Gasteiger partial charge in [-0.2, -0.15) is 0 Å². The summed E-state index contributed by atoms with van der Waals surface area (Å²) in [6.45, 7) is 22.8. The number of unbranched alkanes of at least 4 members (excludes halogenated alkanes) is 3. The number of methoxy groups -OCH3 is 1. The number of hydrogen-bond donors (Lipinski definition) is 0. The van der Waals surface area contributed by atoms with Crippen LogP contribution in [0, 0.1) is 11.8 Å². The summed E-state index contributed by atoms with van der Waals surface area (Å²) in [5.41, 5.74) is 0. The summed E-state index contributed by atoms with van der Waals surface area (Å²) in [6.07, 6.45) is 18.7. The van der Waals surface area contributed by atoms with Gasteiger partial charge in [-0.05, 0) is 96.9 Å². The second-order valence-electron chi connectivity index (χ2n) is 13.8. The normalized spacial score (nSPS) is 24.0. The van der Waals surface area contributed by atoms with Gasteiger partial charge in [0.15, 0.2) is 25.0 Å². The van der Waals surface area contributed by atoms with Crippen LogP contribution >= 0.6 is 0 Å². The smallest absolute Gasteiger partial charge is 0.305 e. The predicted molar refractivity (Wildman–Crippen MR) is 169 cm³/mol. The largest absolute Gasteiger partial charge is 0.469 e. The second-order valence-corrected chi connectivity index (χ2v) is 27.2. The van der Waals surface area contributed by atoms with E-state index in [1.165, 1.54) is 26.4 Å². The maximum absolute atomic E-state index is 11.4. The zero-order valence-electron chi connectivity index (χ0n) is 26.6. The van der Waals surface area contributed by atoms with Crippen molar-refractivity contribution in [2.24, 2.45) is 11.8 Å². The van der Waals surface area contributed by atoms with Gasteiger partial charge in [0.25, 0.3) is 0 Å². The molecule has 8 heteroatoms. The molecular formula is C30H60O5Si3. The van der Waals surface area contributed by atoms with Gasteiger partial charge in [0.1, 0.15) is 0 Å². The van der Waals surface area contributed by atoms with Crippen molar-refractivity contribution in [2.75, 3.05) is 7.11 Å². The van der Waals surface area contributed by atoms with Crippen molar-refractivity contribution in [1.29, 1.82) is 0 Å². The van der Waals surface area contributed by atoms with Crippen LogP contribution in [0.25, 0.3) is 0 Å². The molecule has 5 atom stereocenters. The lowest BCUT2D eigenvalue weighted by Gasteiger charge is -2.30. The highest BCUT2D eigenvalue weighted by molar-refractivity contribution is 6.70. The van der Waals surface area contributed by atoms with E-state index in [1.807, 2.05) is 0 Å². The monoisotopic (exact) mass is 584 g/mol. The van der Waals surface area contributed by atoms with Gasteiger partial charge in [-0.1, -0.05) is 50.5 Å². The molecule has 1 fully saturated rings. The van der Waals surface area contributed by atoms with Crippen molar-refractivity contribution in [3.05, 3.63) is 24.3 Å². The molecule has 5 nitrogen and oxygen atoms in total. The van der Waals surface area contributed by atoms with Crippen LogP contribution in [0.1, 0.15) is 64.7 Å². The number of allylic oxidation sites excluding steroid dienone is 2. The molecule has 0 heterocycles. The van der Waals surface area contributed by atoms with E-state index in [4.69, 9.17) is 18.0 Å². The number of carbonyl (C=O) groups excluding carboxylic acids is 1. The molecule has 0 N–H and O–H groups in total. The summed E-state index contributed by atoms with van der Waals surface area (Å²) in [4.78, 5) is 11.4. The maximum Gasteiger partial charge on any atom is 0.305 e. The summed E-state index contributed by atoms with van der Waals surface area (Å²) in [5.74, 6) is 0.546. The Kier molecular flexibility index (Phi) is 15.6. The van der Waals surface area contributed by atoms with Gasteiger partial charge in [0, 0.05) is 12.3 Å². The minimum atomic E-state index is -1.73. The minimum Gasteiger partial charge on any atom is -0.469 e. The van der Waals surface area contributed by atoms with E-state index in [0.29, 0.717) is 18.3 Å². The van der Waals surface area contributed by atoms with Gasteiger partial charge in [0.2, 0.25) is 0 Å². The molecule has 0 amide bonds. The minimum absolute atomic E-state index is 0.136. The van der Waals surface area contributed by atoms with Crippen molar-refractivity contribution >= 4 is 30.9 Å². The lowest BCUT2D eigenvalue weighted by molar-refractivity contribution is -0.140. The van der Waals surface area contributed by atoms with Gasteiger partial charge >= 0.3 is 5.97 Å². The van der Waals surface area contributed by atoms with E-state index in [1.54, 1.807) is 0 Å². The zero-order valence-corrected chi connectivity index (χ0v) is 29.6. The molecule has 0 unspecified atom stereocenters. The van der Waals surface area contributed by atoms with E-state index >= 15 is 0 Å². The van der Waals surface area contributed by atoms with Crippen LogP contribution in [0.2, 0.25) is 58.9 Å². The summed E-state index contributed by atoms with van der Waals surface area (Å²) in [7, 11) is -3.66. The van der Waals surface area contributed by atoms with E-state index in [0.717, 1.165) is 32.1 Å². The van der Waals surface area contributed by atoms with E-state index < -0.39 is 25.0 Å². The summed E-state index contributed by atoms with van der Waals surface area (Å²) in [5, 5.41) is 0. The SMILES string of the molecule is CCCCC[C@@H](/C=C/[C@@H]1[C@@H](C/C=C\CCCC(=O)OC)[C@@H](O[Si](C)(C)C)C[C@H]1O[Si](C)(C)C)O[Si](C)(C)C. The molecule has 38 heavy (non-hydrogen) atoms. The van der Waals surface area contributed by atoms with Crippen LogP contribution in [-0.2, 0) is 22.8 Å². The first-order chi connectivity index (χ1) is 17.5. The third kappa shape index (κ3) is 15.9. The standard InChI is InChI=1S/C30H60O5Si3/c1-12-13-16-19-25(33-36(3,4)5)22-23-27-26(20-17-14-15-18-21-30(31)32-2)28(34-37(6,7)8)24-29(27)35-38(9,10)11/h14,17,22-23,25-29H,12-13,15-16,18-21,24H2,1-11H3/b17-14-,23-22+/t25-,26+,27+,28-,29+/m0/s1. The third-order valence-electron chi connectivity index (χ3n) is 6.58. The number of esters is 1. The van der Waals surface area contributed by atoms with Gasteiger partial charge in [0.05, 0.1) is 25.4 Å². The van der Waals surface area contributed by atoms with Crippen LogP contribution in [0.15, 0.2) is 24.3 Å². The summed E-state index contributed by atoms with van der Waals surface area (Å²) in [6, 6.07) is 0. The predicted octanol–water partition coefficient (Wildman–Crippen LogP) is 8.71. The molecule has 1 saturated carbocycles. The van der Waals surface area contributed by atoms with Crippen molar-refractivity contribution in [3.8, 4) is 0 Å². The van der Waals surface area contributed by atoms with E-state index in [9.17, 15) is 4.79 Å². The Bertz CT molecular complexity index is 734. The van der Waals surface area contributed by atoms with Crippen molar-refractivity contribution in [3.63, 3.8) is 0 Å². The topological polar surface area (TPSA) is 54.0 Å². The maximum atomic E-state index is 11.4. The molecule has 222 valence electrons. The molecule has 0 aliphatic heterocycles. The summed E-state index contributed by atoms with van der Waals surface area (Å²) >= 11 is 0. The molecule has 0 saturated heterocycles. The first-order valence-corrected chi connectivity index (χ1v) is 25.2.